The van der Waals surface area contributed by atoms with E-state index in [0.717, 1.165) is 43.1 Å². The molecule has 2 aromatic heterocycles. The summed E-state index contributed by atoms with van der Waals surface area (Å²) in [5.74, 6) is 0.767. The van der Waals surface area contributed by atoms with Crippen molar-refractivity contribution in [1.82, 2.24) is 19.4 Å². The van der Waals surface area contributed by atoms with Crippen molar-refractivity contribution in [2.45, 2.75) is 26.3 Å². The summed E-state index contributed by atoms with van der Waals surface area (Å²) in [6.45, 7) is 8.19. The number of allylic oxidation sites excluding steroid dienone is 3. The van der Waals surface area contributed by atoms with Crippen LogP contribution in [0.1, 0.15) is 30.9 Å². The maximum Gasteiger partial charge on any atom is 0.286 e. The average molecular weight is 527 g/mol. The first-order valence-corrected chi connectivity index (χ1v) is 12.8. The number of pyridine rings is 1. The molecule has 1 aliphatic rings. The zero-order chi connectivity index (χ0) is 27.8. The third-order valence-electron chi connectivity index (χ3n) is 6.73. The van der Waals surface area contributed by atoms with E-state index in [1.807, 2.05) is 30.3 Å². The summed E-state index contributed by atoms with van der Waals surface area (Å²) in [7, 11) is 2.14. The van der Waals surface area contributed by atoms with E-state index in [0.29, 0.717) is 35.2 Å². The number of halogens is 1. The number of nitrogens with zero attached hydrogens (tertiary/aromatic N) is 6. The van der Waals surface area contributed by atoms with Gasteiger partial charge in [0.15, 0.2) is 17.4 Å². The minimum absolute atomic E-state index is 0.119. The number of benzene rings is 1. The van der Waals surface area contributed by atoms with Crippen molar-refractivity contribution in [3.05, 3.63) is 93.9 Å². The van der Waals surface area contributed by atoms with Crippen LogP contribution < -0.4 is 10.3 Å². The highest BCUT2D eigenvalue weighted by Crippen LogP contribution is 2.22. The number of piperidine rings is 1. The van der Waals surface area contributed by atoms with Gasteiger partial charge in [0, 0.05) is 22.9 Å². The standard InChI is InChI=1S/C30H31FN6O2/c1-4-21(15-32)13-28(33-2)25-14-27(31)30(38)37(19-25)18-23-6-5-7-24(12-23)29-34-16-26(17-35-29)39-20-22-8-10-36(3)11-9-22/h4-7,12-14,16-17,19,22H,2,8-11,18,20H2,1,3H3/b21-4+,28-13-. The van der Waals surface area contributed by atoms with Gasteiger partial charge in [-0.15, -0.1) is 0 Å². The molecule has 3 aromatic rings. The lowest BCUT2D eigenvalue weighted by Crippen LogP contribution is -2.32. The second kappa shape index (κ2) is 12.9. The van der Waals surface area contributed by atoms with Crippen LogP contribution in [0, 0.1) is 23.1 Å². The van der Waals surface area contributed by atoms with Crippen LogP contribution in [0.5, 0.6) is 5.75 Å². The van der Waals surface area contributed by atoms with Gasteiger partial charge in [0.25, 0.3) is 5.56 Å². The molecule has 0 atom stereocenters. The van der Waals surface area contributed by atoms with E-state index in [4.69, 9.17) is 4.74 Å². The highest BCUT2D eigenvalue weighted by molar-refractivity contribution is 5.71. The lowest BCUT2D eigenvalue weighted by molar-refractivity contribution is 0.159. The highest BCUT2D eigenvalue weighted by Gasteiger charge is 2.17. The molecule has 0 aliphatic carbocycles. The van der Waals surface area contributed by atoms with Gasteiger partial charge < -0.3 is 14.2 Å². The molecule has 0 amide bonds. The summed E-state index contributed by atoms with van der Waals surface area (Å²) >= 11 is 0. The fraction of sp³-hybridized carbons (Fsp3) is 0.300. The third kappa shape index (κ3) is 7.12. The van der Waals surface area contributed by atoms with Crippen LogP contribution in [0.15, 0.2) is 76.4 Å². The van der Waals surface area contributed by atoms with E-state index in [1.165, 1.54) is 16.8 Å². The molecule has 1 aliphatic heterocycles. The van der Waals surface area contributed by atoms with Gasteiger partial charge in [-0.25, -0.2) is 14.4 Å². The predicted octanol–water partition coefficient (Wildman–Crippen LogP) is 4.72. The van der Waals surface area contributed by atoms with Gasteiger partial charge in [-0.3, -0.25) is 9.79 Å². The van der Waals surface area contributed by atoms with Crippen LogP contribution in [0.3, 0.4) is 0 Å². The third-order valence-corrected chi connectivity index (χ3v) is 6.73. The fourth-order valence-corrected chi connectivity index (χ4v) is 4.39. The Morgan fingerprint density at radius 1 is 1.28 bits per heavy atom. The first-order valence-electron chi connectivity index (χ1n) is 12.8. The second-order valence-corrected chi connectivity index (χ2v) is 9.55. The quantitative estimate of drug-likeness (QED) is 0.227. The minimum Gasteiger partial charge on any atom is -0.490 e. The maximum atomic E-state index is 14.6. The monoisotopic (exact) mass is 526 g/mol. The van der Waals surface area contributed by atoms with Crippen molar-refractivity contribution in [3.8, 4) is 23.2 Å². The number of hydrogen-bond donors (Lipinski definition) is 0. The molecule has 3 heterocycles. The zero-order valence-corrected chi connectivity index (χ0v) is 22.2. The summed E-state index contributed by atoms with van der Waals surface area (Å²) in [5.41, 5.74) is 1.74. The summed E-state index contributed by atoms with van der Waals surface area (Å²) in [6, 6.07) is 10.6. The second-order valence-electron chi connectivity index (χ2n) is 9.55. The Kier molecular flexibility index (Phi) is 9.13. The van der Waals surface area contributed by atoms with E-state index in [1.54, 1.807) is 25.4 Å². The topological polar surface area (TPSA) is 96.4 Å². The molecular weight excluding hydrogens is 495 g/mol. The molecule has 1 saturated heterocycles. The number of ether oxygens (including phenoxy) is 1. The van der Waals surface area contributed by atoms with Crippen LogP contribution in [0.2, 0.25) is 0 Å². The van der Waals surface area contributed by atoms with E-state index in [9.17, 15) is 14.4 Å². The Hall–Kier alpha value is -4.42. The van der Waals surface area contributed by atoms with Crippen molar-refractivity contribution in [2.75, 3.05) is 26.7 Å². The van der Waals surface area contributed by atoms with E-state index >= 15 is 0 Å². The largest absolute Gasteiger partial charge is 0.490 e. The molecule has 0 bridgehead atoms. The molecule has 4 rings (SSSR count). The Morgan fingerprint density at radius 2 is 2.03 bits per heavy atom. The van der Waals surface area contributed by atoms with Crippen LogP contribution in [-0.2, 0) is 6.54 Å². The molecular formula is C30H31FN6O2. The van der Waals surface area contributed by atoms with Crippen LogP contribution in [-0.4, -0.2) is 52.9 Å². The zero-order valence-electron chi connectivity index (χ0n) is 22.2. The van der Waals surface area contributed by atoms with E-state index in [2.05, 4.69) is 33.6 Å². The molecule has 39 heavy (non-hydrogen) atoms. The van der Waals surface area contributed by atoms with Crippen LogP contribution in [0.4, 0.5) is 4.39 Å². The first-order chi connectivity index (χ1) is 18.9. The molecule has 8 nitrogen and oxygen atoms in total. The van der Waals surface area contributed by atoms with Gasteiger partial charge >= 0.3 is 0 Å². The van der Waals surface area contributed by atoms with E-state index < -0.39 is 11.4 Å². The first kappa shape index (κ1) is 27.6. The highest BCUT2D eigenvalue weighted by atomic mass is 19.1. The van der Waals surface area contributed by atoms with Gasteiger partial charge in [-0.2, -0.15) is 5.26 Å². The normalized spacial score (nSPS) is 15.1. The molecule has 1 aromatic carbocycles. The SMILES string of the molecule is C=N/C(=C\C(C#N)=C/C)c1cc(F)c(=O)n(Cc2cccc(-c3ncc(OCC4CCN(C)CC4)cn3)c2)c1. The minimum atomic E-state index is -0.920. The number of hydrogen-bond acceptors (Lipinski definition) is 7. The summed E-state index contributed by atoms with van der Waals surface area (Å²) in [5, 5.41) is 9.22. The smallest absolute Gasteiger partial charge is 0.286 e. The van der Waals surface area contributed by atoms with Gasteiger partial charge in [0.1, 0.15) is 0 Å². The van der Waals surface area contributed by atoms with Crippen molar-refractivity contribution < 1.29 is 9.13 Å². The lowest BCUT2D eigenvalue weighted by Gasteiger charge is -2.28. The molecule has 0 saturated carbocycles. The number of rotatable bonds is 9. The Morgan fingerprint density at radius 3 is 2.69 bits per heavy atom. The average Bonchev–Trinajstić information content (AvgIpc) is 2.96. The molecule has 0 radical (unpaired) electrons. The van der Waals surface area contributed by atoms with Crippen LogP contribution >= 0.6 is 0 Å². The fourth-order valence-electron chi connectivity index (χ4n) is 4.39. The van der Waals surface area contributed by atoms with Crippen molar-refractivity contribution in [3.63, 3.8) is 0 Å². The maximum absolute atomic E-state index is 14.6. The summed E-state index contributed by atoms with van der Waals surface area (Å²) < 4.78 is 21.8. The Bertz CT molecular complexity index is 1480. The predicted molar refractivity (Wildman–Crippen MR) is 150 cm³/mol. The Labute approximate surface area is 227 Å². The van der Waals surface area contributed by atoms with Gasteiger partial charge in [-0.1, -0.05) is 24.3 Å². The summed E-state index contributed by atoms with van der Waals surface area (Å²) in [4.78, 5) is 27.8. The lowest BCUT2D eigenvalue weighted by atomic mass is 9.98. The molecule has 200 valence electrons. The molecule has 0 unspecified atom stereocenters. The van der Waals surface area contributed by atoms with Crippen molar-refractivity contribution in [1.29, 1.82) is 5.26 Å². The van der Waals surface area contributed by atoms with Crippen molar-refractivity contribution in [2.24, 2.45) is 10.9 Å². The van der Waals surface area contributed by atoms with Gasteiger partial charge in [0.2, 0.25) is 0 Å². The molecule has 0 spiro atoms. The number of aliphatic imine (C=N–C) groups is 1. The molecule has 1 fully saturated rings. The molecule has 0 N–H and O–H groups in total. The van der Waals surface area contributed by atoms with Gasteiger partial charge in [0.05, 0.1) is 37.3 Å². The van der Waals surface area contributed by atoms with Crippen molar-refractivity contribution >= 4 is 12.4 Å². The number of nitriles is 1. The van der Waals surface area contributed by atoms with Gasteiger partial charge in [-0.05, 0) is 76.3 Å². The summed E-state index contributed by atoms with van der Waals surface area (Å²) in [6.07, 6.45) is 10.2. The number of likely N-dealkylation sites (tertiary alicyclic amines) is 1. The van der Waals surface area contributed by atoms with Crippen LogP contribution in [0.25, 0.3) is 17.1 Å². The van der Waals surface area contributed by atoms with E-state index in [-0.39, 0.29) is 12.2 Å². The number of aromatic nitrogens is 3. The molecule has 9 heteroatoms. The Balaban J connectivity index is 1.50.